The molecule has 0 saturated heterocycles. The second-order valence-electron chi connectivity index (χ2n) is 0. The summed E-state index contributed by atoms with van der Waals surface area (Å²) in [5, 5.41) is 0. The summed E-state index contributed by atoms with van der Waals surface area (Å²) in [6, 6.07) is 0. The smallest absolute Gasteiger partial charge is 0.0683 e. The van der Waals surface area contributed by atoms with Gasteiger partial charge in [-0.25, -0.2) is 0 Å². The Kier molecular flexibility index (Phi) is 0. The average Bonchev–Trinajstić information content (AvgIpc) is 2.45. The zero-order valence-corrected chi connectivity index (χ0v) is 14.0. The summed E-state index contributed by atoms with van der Waals surface area (Å²) < 4.78 is 0. The molecule has 0 nitrogen and oxygen atoms in total. The van der Waals surface area contributed by atoms with Crippen LogP contribution in [0.2, 0.25) is 0 Å². The molecule has 0 bridgehead atoms. The van der Waals surface area contributed by atoms with Crippen molar-refractivity contribution in [2.75, 3.05) is 0 Å². The second-order valence-corrected chi connectivity index (χ2v) is 0. The Labute approximate surface area is 215 Å². The van der Waals surface area contributed by atoms with E-state index in [4.69, 9.17) is 0 Å². The normalized spacial score (nSPS) is 1.40. The summed E-state index contributed by atoms with van der Waals surface area (Å²) in [6.07, 6.45) is 0. The molecule has 30 heavy (non-hydrogen) atoms. The van der Waals surface area contributed by atoms with E-state index >= 15 is 0 Å². The molecule has 0 rings (SSSR count). The van der Waals surface area contributed by atoms with E-state index in [1.165, 1.54) is 0 Å². The highest BCUT2D eigenvalue weighted by Crippen LogP contribution is 1.16. The number of hydrogen-bond donors (Lipinski definition) is 0. The van der Waals surface area contributed by atoms with Gasteiger partial charge in [-0.3, -0.25) is 0 Å². The molecule has 0 fully saturated rings. The SMILES string of the molecule is C.C.C.C.C.C.C.C.C.C.C.C.C.C.C.C.CC.CC.CC.CC.CC.CC.CC. The summed E-state index contributed by atoms with van der Waals surface area (Å²) in [5.41, 5.74) is 0. The van der Waals surface area contributed by atoms with E-state index in [1.54, 1.807) is 0 Å². The molecule has 0 aromatic carbocycles. The van der Waals surface area contributed by atoms with E-state index in [0.29, 0.717) is 0 Å². The Morgan fingerprint density at radius 1 is 0.100 bits per heavy atom. The van der Waals surface area contributed by atoms with Crippen molar-refractivity contribution in [1.82, 2.24) is 0 Å². The highest BCUT2D eigenvalue weighted by atomic mass is 13.0. The van der Waals surface area contributed by atoms with Crippen molar-refractivity contribution >= 4 is 0 Å². The molecule has 0 atom stereocenters. The molecule has 0 aliphatic rings. The number of rotatable bonds is 0. The van der Waals surface area contributed by atoms with Crippen LogP contribution >= 0.6 is 0 Å². The van der Waals surface area contributed by atoms with Crippen LogP contribution in [0.25, 0.3) is 0 Å². The Bertz CT molecular complexity index is 0. The minimum absolute atomic E-state index is 0. The number of hydrogen-bond acceptors (Lipinski definition) is 0. The van der Waals surface area contributed by atoms with Crippen LogP contribution in [0, 0.1) is 0 Å². The second kappa shape index (κ2) is 0. The molecule has 0 heteroatoms. The van der Waals surface area contributed by atoms with Crippen molar-refractivity contribution in [1.29, 1.82) is 0 Å². The van der Waals surface area contributed by atoms with Crippen molar-refractivity contribution in [2.45, 2.75) is 216 Å². The molecule has 0 N–H and O–H groups in total. The van der Waals surface area contributed by atoms with Crippen LogP contribution in [0.3, 0.4) is 0 Å². The van der Waals surface area contributed by atoms with E-state index in [0.717, 1.165) is 0 Å². The first kappa shape index (κ1) is 515. The van der Waals surface area contributed by atoms with E-state index < -0.39 is 0 Å². The van der Waals surface area contributed by atoms with Crippen LogP contribution in [-0.2, 0) is 0 Å². The fraction of sp³-hybridized carbons (Fsp3) is 1.00. The van der Waals surface area contributed by atoms with Crippen molar-refractivity contribution < 1.29 is 0 Å². The lowest BCUT2D eigenvalue weighted by atomic mass is 11.0. The maximum Gasteiger partial charge on any atom is -0.0683 e. The minimum atomic E-state index is 0. The van der Waals surface area contributed by atoms with Gasteiger partial charge in [-0.2, -0.15) is 0 Å². The topological polar surface area (TPSA) is 0 Å². The quantitative estimate of drug-likeness (QED) is 0.332. The molecular formula is C30H106. The van der Waals surface area contributed by atoms with Crippen molar-refractivity contribution in [3.8, 4) is 0 Å². The van der Waals surface area contributed by atoms with Crippen LogP contribution in [0.15, 0.2) is 0 Å². The largest absolute Gasteiger partial charge is 0.0776 e. The summed E-state index contributed by atoms with van der Waals surface area (Å²) in [6.45, 7) is 28.0. The molecule has 0 aromatic rings. The minimum Gasteiger partial charge on any atom is -0.0776 e. The summed E-state index contributed by atoms with van der Waals surface area (Å²) in [5.74, 6) is 0. The van der Waals surface area contributed by atoms with Crippen LogP contribution in [0.5, 0.6) is 0 Å². The fourth-order valence-electron chi connectivity index (χ4n) is 0. The Hall–Kier alpha value is 0. The van der Waals surface area contributed by atoms with Crippen molar-refractivity contribution in [3.05, 3.63) is 0 Å². The van der Waals surface area contributed by atoms with E-state index in [9.17, 15) is 0 Å². The van der Waals surface area contributed by atoms with Gasteiger partial charge in [0.2, 0.25) is 0 Å². The standard InChI is InChI=1S/7C2H6.16CH4/c7*1-2;;;;;;;;;;;;;;;;/h7*1-2H3;16*1H4. The summed E-state index contributed by atoms with van der Waals surface area (Å²) in [4.78, 5) is 0. The van der Waals surface area contributed by atoms with Crippen LogP contribution in [0.1, 0.15) is 216 Å². The van der Waals surface area contributed by atoms with Crippen molar-refractivity contribution in [2.24, 2.45) is 0 Å². The zero-order valence-electron chi connectivity index (χ0n) is 14.0. The fourth-order valence-corrected chi connectivity index (χ4v) is 0. The highest BCUT2D eigenvalue weighted by molar-refractivity contribution is 3.52. The Morgan fingerprint density at radius 2 is 0.100 bits per heavy atom. The first-order chi connectivity index (χ1) is 7.00. The van der Waals surface area contributed by atoms with E-state index in [2.05, 4.69) is 0 Å². The molecule has 0 heterocycles. The maximum atomic E-state index is 2.00. The lowest BCUT2D eigenvalue weighted by Gasteiger charge is -1.07. The predicted molar refractivity (Wildman–Crippen MR) is 187 cm³/mol. The molecular weight excluding hydrogens is 360 g/mol. The third kappa shape index (κ3) is 0. The van der Waals surface area contributed by atoms with Gasteiger partial charge in [-0.15, -0.1) is 0 Å². The molecule has 226 valence electrons. The van der Waals surface area contributed by atoms with E-state index in [1.807, 2.05) is 96.9 Å². The zero-order chi connectivity index (χ0) is 14.0. The van der Waals surface area contributed by atoms with Crippen LogP contribution in [0.4, 0.5) is 0 Å². The van der Waals surface area contributed by atoms with Crippen LogP contribution in [-0.4, -0.2) is 0 Å². The van der Waals surface area contributed by atoms with Crippen LogP contribution < -0.4 is 0 Å². The van der Waals surface area contributed by atoms with Gasteiger partial charge in [-0.05, 0) is 0 Å². The van der Waals surface area contributed by atoms with Gasteiger partial charge in [0, 0.05) is 0 Å². The third-order valence-electron chi connectivity index (χ3n) is 0. The molecule has 0 aliphatic heterocycles. The summed E-state index contributed by atoms with van der Waals surface area (Å²) >= 11 is 0. The maximum absolute atomic E-state index is 2.00. The molecule has 0 radical (unpaired) electrons. The Morgan fingerprint density at radius 3 is 0.100 bits per heavy atom. The van der Waals surface area contributed by atoms with Gasteiger partial charge in [0.1, 0.15) is 0 Å². The van der Waals surface area contributed by atoms with Gasteiger partial charge >= 0.3 is 0 Å². The molecule has 0 aliphatic carbocycles. The highest BCUT2D eigenvalue weighted by Gasteiger charge is 0.944. The monoisotopic (exact) mass is 467 g/mol. The lowest BCUT2D eigenvalue weighted by molar-refractivity contribution is 1.50. The Balaban J connectivity index is -0.000000000833. The van der Waals surface area contributed by atoms with Gasteiger partial charge in [0.25, 0.3) is 0 Å². The molecule has 0 aromatic heterocycles. The van der Waals surface area contributed by atoms with Gasteiger partial charge in [-0.1, -0.05) is 216 Å². The van der Waals surface area contributed by atoms with Gasteiger partial charge < -0.3 is 0 Å². The van der Waals surface area contributed by atoms with Gasteiger partial charge in [0.15, 0.2) is 0 Å². The first-order valence-corrected chi connectivity index (χ1v) is 7.00. The van der Waals surface area contributed by atoms with Crippen molar-refractivity contribution in [3.63, 3.8) is 0 Å². The lowest BCUT2D eigenvalue weighted by Crippen LogP contribution is -0.856. The van der Waals surface area contributed by atoms with E-state index in [-0.39, 0.29) is 119 Å². The molecule has 0 unspecified atom stereocenters. The molecule has 0 amide bonds. The predicted octanol–water partition coefficient (Wildman–Crippen LogP) is 17.4. The average molecular weight is 467 g/mol. The van der Waals surface area contributed by atoms with Gasteiger partial charge in [0.05, 0.1) is 0 Å². The third-order valence-corrected chi connectivity index (χ3v) is 0. The molecule has 0 spiro atoms. The first-order valence-electron chi connectivity index (χ1n) is 7.00. The molecule has 0 saturated carbocycles. The summed E-state index contributed by atoms with van der Waals surface area (Å²) in [7, 11) is 0.